The van der Waals surface area contributed by atoms with Crippen LogP contribution in [-0.4, -0.2) is 15.0 Å². The van der Waals surface area contributed by atoms with Gasteiger partial charge >= 0.3 is 0 Å². The largest absolute Gasteiger partial charge is 0.219 e. The Morgan fingerprint density at radius 1 is 1.53 bits per heavy atom. The molecule has 2 aromatic rings. The SMILES string of the molecule is CCC(Br)c1cn(-c2ccc(F)cc2I)nn1. The molecule has 0 N–H and O–H groups in total. The predicted octanol–water partition coefficient (Wildman–Crippen LogP) is 3.86. The van der Waals surface area contributed by atoms with Crippen LogP contribution in [0, 0.1) is 9.39 Å². The lowest BCUT2D eigenvalue weighted by Gasteiger charge is -2.03. The van der Waals surface area contributed by atoms with Gasteiger partial charge in [0.2, 0.25) is 0 Å². The molecule has 0 amide bonds. The monoisotopic (exact) mass is 409 g/mol. The molecule has 1 aromatic carbocycles. The van der Waals surface area contributed by atoms with Crippen molar-refractivity contribution in [3.8, 4) is 5.69 Å². The van der Waals surface area contributed by atoms with Gasteiger partial charge in [-0.15, -0.1) is 5.10 Å². The van der Waals surface area contributed by atoms with Crippen LogP contribution in [0.15, 0.2) is 24.4 Å². The fourth-order valence-corrected chi connectivity index (χ4v) is 2.35. The Bertz CT molecular complexity index is 529. The Labute approximate surface area is 121 Å². The van der Waals surface area contributed by atoms with Crippen molar-refractivity contribution in [3.63, 3.8) is 0 Å². The molecule has 6 heteroatoms. The summed E-state index contributed by atoms with van der Waals surface area (Å²) in [5.74, 6) is -0.245. The molecule has 0 aliphatic carbocycles. The maximum Gasteiger partial charge on any atom is 0.124 e. The Morgan fingerprint density at radius 2 is 2.29 bits per heavy atom. The summed E-state index contributed by atoms with van der Waals surface area (Å²) in [4.78, 5) is 0.203. The number of halogens is 3. The van der Waals surface area contributed by atoms with Gasteiger partial charge in [-0.1, -0.05) is 28.1 Å². The number of benzene rings is 1. The highest BCUT2D eigenvalue weighted by Crippen LogP contribution is 2.25. The Kier molecular flexibility index (Phi) is 4.13. The van der Waals surface area contributed by atoms with Crippen molar-refractivity contribution in [1.29, 1.82) is 0 Å². The van der Waals surface area contributed by atoms with Gasteiger partial charge in [0.15, 0.2) is 0 Å². The summed E-state index contributed by atoms with van der Waals surface area (Å²) in [6.45, 7) is 2.07. The molecule has 0 saturated carbocycles. The van der Waals surface area contributed by atoms with E-state index in [4.69, 9.17) is 0 Å². The molecule has 2 rings (SSSR count). The molecule has 0 fully saturated rings. The molecule has 0 bridgehead atoms. The van der Waals surface area contributed by atoms with Gasteiger partial charge in [-0.2, -0.15) is 0 Å². The number of hydrogen-bond donors (Lipinski definition) is 0. The van der Waals surface area contributed by atoms with Gasteiger partial charge < -0.3 is 0 Å². The van der Waals surface area contributed by atoms with Gasteiger partial charge in [0.1, 0.15) is 5.82 Å². The number of aromatic nitrogens is 3. The number of rotatable bonds is 3. The number of alkyl halides is 1. The highest BCUT2D eigenvalue weighted by atomic mass is 127. The molecule has 0 spiro atoms. The summed E-state index contributed by atoms with van der Waals surface area (Å²) >= 11 is 5.61. The molecule has 0 radical (unpaired) electrons. The number of hydrogen-bond acceptors (Lipinski definition) is 2. The molecule has 1 unspecified atom stereocenters. The lowest BCUT2D eigenvalue weighted by Crippen LogP contribution is -1.98. The van der Waals surface area contributed by atoms with E-state index in [0.717, 1.165) is 21.4 Å². The summed E-state index contributed by atoms with van der Waals surface area (Å²) in [6.07, 6.45) is 2.80. The second kappa shape index (κ2) is 5.43. The van der Waals surface area contributed by atoms with Crippen LogP contribution in [0.1, 0.15) is 23.9 Å². The van der Waals surface area contributed by atoms with Crippen LogP contribution >= 0.6 is 38.5 Å². The lowest BCUT2D eigenvalue weighted by molar-refractivity contribution is 0.625. The van der Waals surface area contributed by atoms with Crippen LogP contribution in [0.3, 0.4) is 0 Å². The van der Waals surface area contributed by atoms with Crippen molar-refractivity contribution >= 4 is 38.5 Å². The molecule has 0 saturated heterocycles. The predicted molar refractivity (Wildman–Crippen MR) is 76.0 cm³/mol. The first-order valence-electron chi connectivity index (χ1n) is 5.13. The third-order valence-corrected chi connectivity index (χ3v) is 4.33. The van der Waals surface area contributed by atoms with Crippen LogP contribution in [-0.2, 0) is 0 Å². The molecule has 1 atom stereocenters. The van der Waals surface area contributed by atoms with Crippen LogP contribution in [0.25, 0.3) is 5.69 Å². The molecule has 90 valence electrons. The zero-order chi connectivity index (χ0) is 12.4. The standard InChI is InChI=1S/C11H10BrFIN3/c1-2-8(12)10-6-17(16-15-10)11-4-3-7(13)5-9(11)14/h3-6,8H,2H2,1H3. The first-order valence-corrected chi connectivity index (χ1v) is 7.13. The van der Waals surface area contributed by atoms with Crippen molar-refractivity contribution in [2.24, 2.45) is 0 Å². The zero-order valence-electron chi connectivity index (χ0n) is 9.07. The Balaban J connectivity index is 2.37. The summed E-state index contributed by atoms with van der Waals surface area (Å²) in [5.41, 5.74) is 1.72. The molecule has 1 aromatic heterocycles. The summed E-state index contributed by atoms with van der Waals surface area (Å²) < 4.78 is 15.5. The zero-order valence-corrected chi connectivity index (χ0v) is 12.8. The highest BCUT2D eigenvalue weighted by molar-refractivity contribution is 14.1. The van der Waals surface area contributed by atoms with E-state index >= 15 is 0 Å². The van der Waals surface area contributed by atoms with E-state index < -0.39 is 0 Å². The quantitative estimate of drug-likeness (QED) is 0.569. The van der Waals surface area contributed by atoms with E-state index in [2.05, 4.69) is 55.8 Å². The first kappa shape index (κ1) is 12.9. The van der Waals surface area contributed by atoms with Crippen molar-refractivity contribution < 1.29 is 4.39 Å². The van der Waals surface area contributed by atoms with E-state index in [1.54, 1.807) is 10.7 Å². The van der Waals surface area contributed by atoms with E-state index in [0.29, 0.717) is 0 Å². The normalized spacial score (nSPS) is 12.7. The summed E-state index contributed by atoms with van der Waals surface area (Å²) in [5, 5.41) is 8.15. The minimum Gasteiger partial charge on any atom is -0.219 e. The van der Waals surface area contributed by atoms with Crippen LogP contribution in [0.4, 0.5) is 4.39 Å². The van der Waals surface area contributed by atoms with Gasteiger partial charge in [0.25, 0.3) is 0 Å². The van der Waals surface area contributed by atoms with Crippen molar-refractivity contribution in [2.75, 3.05) is 0 Å². The number of nitrogens with zero attached hydrogens (tertiary/aromatic N) is 3. The maximum absolute atomic E-state index is 13.0. The Morgan fingerprint density at radius 3 is 2.94 bits per heavy atom. The molecular formula is C11H10BrFIN3. The minimum atomic E-state index is -0.245. The van der Waals surface area contributed by atoms with Gasteiger partial charge in [0.05, 0.1) is 22.4 Å². The second-order valence-corrected chi connectivity index (χ2v) is 5.83. The molecular weight excluding hydrogens is 400 g/mol. The van der Waals surface area contributed by atoms with Crippen LogP contribution < -0.4 is 0 Å². The summed E-state index contributed by atoms with van der Waals surface area (Å²) in [7, 11) is 0. The van der Waals surface area contributed by atoms with E-state index in [1.165, 1.54) is 12.1 Å². The maximum atomic E-state index is 13.0. The fourth-order valence-electron chi connectivity index (χ4n) is 1.41. The Hall–Kier alpha value is -0.500. The molecule has 1 heterocycles. The molecule has 17 heavy (non-hydrogen) atoms. The van der Waals surface area contributed by atoms with Gasteiger partial charge in [0, 0.05) is 3.57 Å². The van der Waals surface area contributed by atoms with Crippen LogP contribution in [0.2, 0.25) is 0 Å². The molecule has 0 aliphatic heterocycles. The smallest absolute Gasteiger partial charge is 0.124 e. The third-order valence-electron chi connectivity index (χ3n) is 2.35. The van der Waals surface area contributed by atoms with Crippen molar-refractivity contribution in [1.82, 2.24) is 15.0 Å². The van der Waals surface area contributed by atoms with E-state index in [1.807, 2.05) is 6.20 Å². The van der Waals surface area contributed by atoms with Gasteiger partial charge in [-0.25, -0.2) is 9.07 Å². The second-order valence-electron chi connectivity index (χ2n) is 3.56. The van der Waals surface area contributed by atoms with Crippen molar-refractivity contribution in [3.05, 3.63) is 39.5 Å². The average molecular weight is 410 g/mol. The molecule has 3 nitrogen and oxygen atoms in total. The van der Waals surface area contributed by atoms with E-state index in [-0.39, 0.29) is 10.6 Å². The van der Waals surface area contributed by atoms with Gasteiger partial charge in [-0.05, 0) is 47.2 Å². The fraction of sp³-hybridized carbons (Fsp3) is 0.273. The first-order chi connectivity index (χ1) is 8.11. The van der Waals surface area contributed by atoms with Crippen LogP contribution in [0.5, 0.6) is 0 Å². The highest BCUT2D eigenvalue weighted by Gasteiger charge is 2.11. The summed E-state index contributed by atoms with van der Waals surface area (Å²) in [6, 6.07) is 4.59. The third kappa shape index (κ3) is 2.85. The van der Waals surface area contributed by atoms with E-state index in [9.17, 15) is 4.39 Å². The van der Waals surface area contributed by atoms with Crippen molar-refractivity contribution in [2.45, 2.75) is 18.2 Å². The average Bonchev–Trinajstić information content (AvgIpc) is 2.77. The lowest BCUT2D eigenvalue weighted by atomic mass is 10.3. The van der Waals surface area contributed by atoms with Gasteiger partial charge in [-0.3, -0.25) is 0 Å². The minimum absolute atomic E-state index is 0.203. The molecule has 0 aliphatic rings. The topological polar surface area (TPSA) is 30.7 Å².